The van der Waals surface area contributed by atoms with Gasteiger partial charge in [-0.1, -0.05) is 30.7 Å². The first kappa shape index (κ1) is 10.4. The van der Waals surface area contributed by atoms with E-state index in [1.807, 2.05) is 24.3 Å². The van der Waals surface area contributed by atoms with E-state index in [1.165, 1.54) is 5.56 Å². The molecule has 1 aromatic carbocycles. The van der Waals surface area contributed by atoms with Gasteiger partial charge >= 0.3 is 0 Å². The molecule has 0 spiro atoms. The van der Waals surface area contributed by atoms with Crippen LogP contribution >= 0.6 is 23.3 Å². The molecular weight excluding hydrogens is 232 g/mol. The third-order valence-corrected chi connectivity index (χ3v) is 2.80. The number of rotatable bonds is 3. The molecule has 0 saturated carbocycles. The highest BCUT2D eigenvalue weighted by Gasteiger charge is 2.07. The second-order valence-corrected chi connectivity index (χ2v) is 3.85. The Morgan fingerprint density at radius 3 is 2.93 bits per heavy atom. The zero-order valence-corrected chi connectivity index (χ0v) is 9.68. The van der Waals surface area contributed by atoms with Crippen LogP contribution in [-0.4, -0.2) is 8.75 Å². The Morgan fingerprint density at radius 2 is 2.27 bits per heavy atom. The first-order chi connectivity index (χ1) is 7.29. The highest BCUT2D eigenvalue weighted by atomic mass is 35.5. The average molecular weight is 241 g/mol. The Morgan fingerprint density at radius 1 is 1.40 bits per heavy atom. The molecule has 0 bridgehead atoms. The minimum absolute atomic E-state index is 0.307. The van der Waals surface area contributed by atoms with E-state index < -0.39 is 0 Å². The maximum absolute atomic E-state index is 5.78. The average Bonchev–Trinajstić information content (AvgIpc) is 2.65. The first-order valence-electron chi connectivity index (χ1n) is 4.54. The lowest BCUT2D eigenvalue weighted by atomic mass is 10.2. The smallest absolute Gasteiger partial charge is 0.270 e. The topological polar surface area (TPSA) is 35.0 Å². The van der Waals surface area contributed by atoms with Crippen molar-refractivity contribution in [3.05, 3.63) is 35.0 Å². The van der Waals surface area contributed by atoms with Crippen LogP contribution in [0.2, 0.25) is 5.15 Å². The fourth-order valence-electron chi connectivity index (χ4n) is 1.17. The van der Waals surface area contributed by atoms with Gasteiger partial charge in [-0.2, -0.15) is 4.37 Å². The summed E-state index contributed by atoms with van der Waals surface area (Å²) in [6.45, 7) is 2.09. The number of ether oxygens (including phenoxy) is 1. The van der Waals surface area contributed by atoms with E-state index >= 15 is 0 Å². The van der Waals surface area contributed by atoms with E-state index in [0.29, 0.717) is 11.0 Å². The minimum Gasteiger partial charge on any atom is -0.436 e. The summed E-state index contributed by atoms with van der Waals surface area (Å²) in [6, 6.07) is 7.83. The molecule has 0 unspecified atom stereocenters. The Balaban J connectivity index is 2.21. The van der Waals surface area contributed by atoms with Gasteiger partial charge in [0.2, 0.25) is 5.15 Å². The Bertz CT molecular complexity index is 458. The quantitative estimate of drug-likeness (QED) is 0.823. The number of hydrogen-bond acceptors (Lipinski definition) is 4. The highest BCUT2D eigenvalue weighted by Crippen LogP contribution is 2.27. The molecule has 0 N–H and O–H groups in total. The third-order valence-electron chi connectivity index (χ3n) is 1.94. The maximum atomic E-state index is 5.78. The lowest BCUT2D eigenvalue weighted by Gasteiger charge is -2.03. The third kappa shape index (κ3) is 2.46. The number of aryl methyl sites for hydroxylation is 1. The van der Waals surface area contributed by atoms with E-state index in [9.17, 15) is 0 Å². The van der Waals surface area contributed by atoms with Crippen LogP contribution < -0.4 is 4.74 Å². The van der Waals surface area contributed by atoms with Gasteiger partial charge < -0.3 is 4.74 Å². The number of benzene rings is 1. The van der Waals surface area contributed by atoms with Crippen LogP contribution in [0.4, 0.5) is 0 Å². The van der Waals surface area contributed by atoms with Gasteiger partial charge in [-0.15, -0.1) is 4.37 Å². The second kappa shape index (κ2) is 4.59. The molecule has 2 rings (SSSR count). The number of nitrogens with zero attached hydrogens (tertiary/aromatic N) is 2. The molecule has 78 valence electrons. The van der Waals surface area contributed by atoms with Crippen molar-refractivity contribution in [1.82, 2.24) is 8.75 Å². The van der Waals surface area contributed by atoms with Crippen molar-refractivity contribution in [1.29, 1.82) is 0 Å². The summed E-state index contributed by atoms with van der Waals surface area (Å²) in [4.78, 5) is 0. The molecule has 15 heavy (non-hydrogen) atoms. The van der Waals surface area contributed by atoms with Gasteiger partial charge in [-0.25, -0.2) is 0 Å². The highest BCUT2D eigenvalue weighted by molar-refractivity contribution is 6.99. The van der Waals surface area contributed by atoms with E-state index in [0.717, 1.165) is 23.9 Å². The largest absolute Gasteiger partial charge is 0.436 e. The van der Waals surface area contributed by atoms with Crippen molar-refractivity contribution in [3.63, 3.8) is 0 Å². The fourth-order valence-corrected chi connectivity index (χ4v) is 1.78. The second-order valence-electron chi connectivity index (χ2n) is 2.96. The van der Waals surface area contributed by atoms with Crippen molar-refractivity contribution >= 4 is 23.3 Å². The van der Waals surface area contributed by atoms with Crippen molar-refractivity contribution in [2.75, 3.05) is 0 Å². The lowest BCUT2D eigenvalue weighted by molar-refractivity contribution is 0.467. The SMILES string of the molecule is CCc1cccc(Oc2nsnc2Cl)c1. The number of hydrogen-bond donors (Lipinski definition) is 0. The predicted octanol–water partition coefficient (Wildman–Crippen LogP) is 3.55. The van der Waals surface area contributed by atoms with Gasteiger partial charge in [0, 0.05) is 0 Å². The first-order valence-corrected chi connectivity index (χ1v) is 5.65. The van der Waals surface area contributed by atoms with Crippen molar-refractivity contribution in [2.45, 2.75) is 13.3 Å². The summed E-state index contributed by atoms with van der Waals surface area (Å²) in [5.74, 6) is 1.11. The molecule has 0 fully saturated rings. The van der Waals surface area contributed by atoms with Crippen LogP contribution in [0.3, 0.4) is 0 Å². The standard InChI is InChI=1S/C10H9ClN2OS/c1-2-7-4-3-5-8(6-7)14-10-9(11)12-15-13-10/h3-6H,2H2,1H3. The Labute approximate surface area is 97.0 Å². The lowest BCUT2D eigenvalue weighted by Crippen LogP contribution is -1.86. The summed E-state index contributed by atoms with van der Waals surface area (Å²) >= 11 is 6.81. The molecule has 1 aromatic heterocycles. The Kier molecular flexibility index (Phi) is 3.18. The van der Waals surface area contributed by atoms with Crippen LogP contribution in [0.1, 0.15) is 12.5 Å². The van der Waals surface area contributed by atoms with Gasteiger partial charge in [-0.05, 0) is 24.1 Å². The normalized spacial score (nSPS) is 10.3. The monoisotopic (exact) mass is 240 g/mol. The number of halogens is 1. The van der Waals surface area contributed by atoms with Crippen LogP contribution in [0.15, 0.2) is 24.3 Å². The molecule has 0 atom stereocenters. The summed E-state index contributed by atoms with van der Waals surface area (Å²) in [6.07, 6.45) is 0.972. The molecule has 5 heteroatoms. The molecule has 0 aliphatic carbocycles. The predicted molar refractivity (Wildman–Crippen MR) is 60.8 cm³/mol. The zero-order chi connectivity index (χ0) is 10.7. The summed E-state index contributed by atoms with van der Waals surface area (Å²) in [5.41, 5.74) is 1.21. The van der Waals surface area contributed by atoms with E-state index in [-0.39, 0.29) is 0 Å². The van der Waals surface area contributed by atoms with Gasteiger partial charge in [0.15, 0.2) is 0 Å². The summed E-state index contributed by atoms with van der Waals surface area (Å²) in [7, 11) is 0. The molecule has 0 radical (unpaired) electrons. The molecule has 0 aliphatic heterocycles. The molecule has 0 aliphatic rings. The fraction of sp³-hybridized carbons (Fsp3) is 0.200. The summed E-state index contributed by atoms with van der Waals surface area (Å²) < 4.78 is 13.3. The maximum Gasteiger partial charge on any atom is 0.270 e. The van der Waals surface area contributed by atoms with E-state index in [1.54, 1.807) is 0 Å². The molecule has 2 aromatic rings. The van der Waals surface area contributed by atoms with Crippen molar-refractivity contribution < 1.29 is 4.74 Å². The van der Waals surface area contributed by atoms with Crippen LogP contribution in [0.25, 0.3) is 0 Å². The molecule has 0 saturated heterocycles. The van der Waals surface area contributed by atoms with E-state index in [4.69, 9.17) is 16.3 Å². The van der Waals surface area contributed by atoms with Gasteiger partial charge in [0.25, 0.3) is 5.88 Å². The molecule has 0 amide bonds. The van der Waals surface area contributed by atoms with Crippen LogP contribution in [0, 0.1) is 0 Å². The van der Waals surface area contributed by atoms with Crippen LogP contribution in [-0.2, 0) is 6.42 Å². The summed E-state index contributed by atoms with van der Waals surface area (Å²) in [5, 5.41) is 0.307. The Hall–Kier alpha value is -1.13. The van der Waals surface area contributed by atoms with Crippen molar-refractivity contribution in [3.8, 4) is 11.6 Å². The van der Waals surface area contributed by atoms with Crippen molar-refractivity contribution in [2.24, 2.45) is 0 Å². The molecule has 3 nitrogen and oxygen atoms in total. The van der Waals surface area contributed by atoms with Gasteiger partial charge in [-0.3, -0.25) is 0 Å². The van der Waals surface area contributed by atoms with Gasteiger partial charge in [0.1, 0.15) is 5.75 Å². The van der Waals surface area contributed by atoms with Gasteiger partial charge in [0.05, 0.1) is 11.7 Å². The number of aromatic nitrogens is 2. The minimum atomic E-state index is 0.307. The van der Waals surface area contributed by atoms with E-state index in [2.05, 4.69) is 15.7 Å². The molecule has 1 heterocycles. The molecular formula is C10H9ClN2OS. The van der Waals surface area contributed by atoms with Crippen LogP contribution in [0.5, 0.6) is 11.6 Å². The zero-order valence-electron chi connectivity index (χ0n) is 8.11.